The third kappa shape index (κ3) is 4.42. The molecule has 0 saturated carbocycles. The number of hydrogen-bond donors (Lipinski definition) is 2. The molecule has 1 amide bonds. The molecule has 134 valence electrons. The fourth-order valence-corrected chi connectivity index (χ4v) is 3.25. The van der Waals surface area contributed by atoms with Crippen LogP contribution in [0.1, 0.15) is 19.0 Å². The van der Waals surface area contributed by atoms with Crippen molar-refractivity contribution in [3.8, 4) is 11.3 Å². The zero-order chi connectivity index (χ0) is 17.8. The number of nitrogens with zero attached hydrogens (tertiary/aromatic N) is 1. The number of hydrogen-bond acceptors (Lipinski definition) is 3. The molecule has 2 N–H and O–H groups in total. The zero-order valence-corrected chi connectivity index (χ0v) is 15.0. The van der Waals surface area contributed by atoms with Gasteiger partial charge in [-0.15, -0.1) is 0 Å². The van der Waals surface area contributed by atoms with E-state index in [1.54, 1.807) is 4.90 Å². The van der Waals surface area contributed by atoms with Crippen LogP contribution in [-0.2, 0) is 16.0 Å². The Balaban J connectivity index is 1.54. The van der Waals surface area contributed by atoms with Gasteiger partial charge in [0.1, 0.15) is 6.10 Å². The number of aliphatic hydroxyl groups excluding tert-OH is 1. The summed E-state index contributed by atoms with van der Waals surface area (Å²) in [5, 5.41) is 10.6. The summed E-state index contributed by atoms with van der Waals surface area (Å²) in [5.41, 5.74) is 3.08. The summed E-state index contributed by atoms with van der Waals surface area (Å²) in [6.07, 6.45) is 0.187. The third-order valence-corrected chi connectivity index (χ3v) is 4.73. The van der Waals surface area contributed by atoms with Crippen molar-refractivity contribution in [2.24, 2.45) is 0 Å². The van der Waals surface area contributed by atoms with Gasteiger partial charge in [-0.25, -0.2) is 0 Å². The summed E-state index contributed by atoms with van der Waals surface area (Å²) in [6, 6.07) is 11.6. The first-order valence-electron chi connectivity index (χ1n) is 8.58. The number of likely N-dealkylation sites (tertiary alicyclic amines) is 1. The topological polar surface area (TPSA) is 65.6 Å². The predicted molar refractivity (Wildman–Crippen MR) is 97.6 cm³/mol. The molecule has 25 heavy (non-hydrogen) atoms. The number of benzene rings is 1. The molecular formula is C19H23ClN2O3. The number of carbonyl (C=O) groups excluding carboxylic acids is 1. The van der Waals surface area contributed by atoms with Crippen molar-refractivity contribution in [3.63, 3.8) is 0 Å². The number of nitrogens with one attached hydrogen (secondary N) is 1. The minimum Gasteiger partial charge on any atom is -0.388 e. The van der Waals surface area contributed by atoms with Gasteiger partial charge >= 0.3 is 0 Å². The number of ether oxygens (including phenoxy) is 1. The van der Waals surface area contributed by atoms with Crippen LogP contribution in [0.25, 0.3) is 11.3 Å². The highest BCUT2D eigenvalue weighted by Gasteiger charge is 2.34. The lowest BCUT2D eigenvalue weighted by Gasteiger charge is -2.15. The molecule has 0 radical (unpaired) electrons. The number of carbonyl (C=O) groups is 1. The van der Waals surface area contributed by atoms with Crippen molar-refractivity contribution < 1.29 is 14.6 Å². The third-order valence-electron chi connectivity index (χ3n) is 4.48. The molecule has 2 heterocycles. The Morgan fingerprint density at radius 3 is 2.76 bits per heavy atom. The smallest absolute Gasteiger partial charge is 0.223 e. The van der Waals surface area contributed by atoms with Crippen molar-refractivity contribution in [2.75, 3.05) is 19.7 Å². The molecule has 0 unspecified atom stereocenters. The van der Waals surface area contributed by atoms with Gasteiger partial charge in [0.2, 0.25) is 5.91 Å². The second-order valence-electron chi connectivity index (χ2n) is 6.26. The number of aromatic nitrogens is 1. The molecule has 2 atom stereocenters. The summed E-state index contributed by atoms with van der Waals surface area (Å²) in [7, 11) is 0. The van der Waals surface area contributed by atoms with Gasteiger partial charge in [-0.3, -0.25) is 4.79 Å². The van der Waals surface area contributed by atoms with E-state index >= 15 is 0 Å². The van der Waals surface area contributed by atoms with E-state index in [9.17, 15) is 9.90 Å². The van der Waals surface area contributed by atoms with Crippen molar-refractivity contribution in [2.45, 2.75) is 32.0 Å². The largest absolute Gasteiger partial charge is 0.388 e. The molecule has 1 aliphatic heterocycles. The normalized spacial score (nSPS) is 20.2. The van der Waals surface area contributed by atoms with Crippen LogP contribution in [0.15, 0.2) is 36.4 Å². The number of aromatic amines is 1. The maximum absolute atomic E-state index is 12.4. The maximum Gasteiger partial charge on any atom is 0.223 e. The van der Waals surface area contributed by atoms with Crippen molar-refractivity contribution in [1.29, 1.82) is 0 Å². The second kappa shape index (κ2) is 8.04. The molecule has 1 aromatic heterocycles. The number of aliphatic hydroxyl groups is 1. The number of aryl methyl sites for hydroxylation is 1. The second-order valence-corrected chi connectivity index (χ2v) is 6.70. The highest BCUT2D eigenvalue weighted by molar-refractivity contribution is 6.30. The van der Waals surface area contributed by atoms with Crippen molar-refractivity contribution >= 4 is 17.5 Å². The summed E-state index contributed by atoms with van der Waals surface area (Å²) in [6.45, 7) is 3.25. The van der Waals surface area contributed by atoms with Crippen LogP contribution < -0.4 is 0 Å². The lowest BCUT2D eigenvalue weighted by molar-refractivity contribution is -0.130. The quantitative estimate of drug-likeness (QED) is 0.830. The first-order valence-corrected chi connectivity index (χ1v) is 8.96. The number of H-pyrrole nitrogens is 1. The number of amides is 1. The predicted octanol–water partition coefficient (Wildman–Crippen LogP) is 2.88. The van der Waals surface area contributed by atoms with E-state index in [1.807, 2.05) is 43.3 Å². The molecule has 0 spiro atoms. The van der Waals surface area contributed by atoms with Crippen LogP contribution in [0.2, 0.25) is 5.02 Å². The van der Waals surface area contributed by atoms with Crippen LogP contribution in [0.3, 0.4) is 0 Å². The van der Waals surface area contributed by atoms with Gasteiger partial charge in [0.05, 0.1) is 6.10 Å². The van der Waals surface area contributed by atoms with E-state index in [2.05, 4.69) is 4.98 Å². The zero-order valence-electron chi connectivity index (χ0n) is 14.2. The molecule has 1 aromatic carbocycles. The van der Waals surface area contributed by atoms with Gasteiger partial charge in [-0.05, 0) is 43.2 Å². The van der Waals surface area contributed by atoms with Crippen LogP contribution in [-0.4, -0.2) is 52.8 Å². The van der Waals surface area contributed by atoms with Gasteiger partial charge in [0.15, 0.2) is 0 Å². The molecule has 3 rings (SSSR count). The first-order chi connectivity index (χ1) is 12.1. The Labute approximate surface area is 152 Å². The highest BCUT2D eigenvalue weighted by atomic mass is 35.5. The SMILES string of the molecule is CCO[C@@H]1CN(C(=O)CCc2ccc(-c3ccc(Cl)cc3)[nH]2)C[C@H]1O. The Hall–Kier alpha value is -1.82. The Bertz CT molecular complexity index is 714. The minimum absolute atomic E-state index is 0.0453. The molecule has 1 fully saturated rings. The van der Waals surface area contributed by atoms with Gasteiger partial charge in [-0.2, -0.15) is 0 Å². The van der Waals surface area contributed by atoms with E-state index in [-0.39, 0.29) is 12.0 Å². The van der Waals surface area contributed by atoms with Gasteiger partial charge in [-0.1, -0.05) is 23.7 Å². The molecule has 2 aromatic rings. The lowest BCUT2D eigenvalue weighted by Crippen LogP contribution is -2.30. The van der Waals surface area contributed by atoms with Gasteiger partial charge in [0, 0.05) is 42.5 Å². The monoisotopic (exact) mass is 362 g/mol. The van der Waals surface area contributed by atoms with Crippen LogP contribution >= 0.6 is 11.6 Å². The van der Waals surface area contributed by atoms with E-state index in [4.69, 9.17) is 16.3 Å². The first kappa shape index (κ1) is 18.0. The Morgan fingerprint density at radius 1 is 1.28 bits per heavy atom. The summed E-state index contributed by atoms with van der Waals surface area (Å²) in [5.74, 6) is 0.0453. The molecule has 0 aliphatic carbocycles. The van der Waals surface area contributed by atoms with E-state index in [0.29, 0.717) is 37.6 Å². The van der Waals surface area contributed by atoms with Gasteiger partial charge in [0.25, 0.3) is 0 Å². The van der Waals surface area contributed by atoms with Crippen LogP contribution in [0.5, 0.6) is 0 Å². The highest BCUT2D eigenvalue weighted by Crippen LogP contribution is 2.22. The molecular weight excluding hydrogens is 340 g/mol. The standard InChI is InChI=1S/C19H23ClN2O3/c1-2-25-18-12-22(11-17(18)23)19(24)10-8-15-7-9-16(21-15)13-3-5-14(20)6-4-13/h3-7,9,17-18,21,23H,2,8,10-12H2,1H3/t17-,18-/m1/s1. The number of halogens is 1. The van der Waals surface area contributed by atoms with Crippen molar-refractivity contribution in [1.82, 2.24) is 9.88 Å². The van der Waals surface area contributed by atoms with E-state index in [0.717, 1.165) is 17.0 Å². The molecule has 6 heteroatoms. The number of β-amino-alcohol motifs (C(OH)–C–C–N with tert-alkyl or cyclic N) is 1. The summed E-state index contributed by atoms with van der Waals surface area (Å²) >= 11 is 5.91. The average molecular weight is 363 g/mol. The average Bonchev–Trinajstić information content (AvgIpc) is 3.21. The minimum atomic E-state index is -0.592. The molecule has 1 aliphatic rings. The molecule has 1 saturated heterocycles. The number of rotatable bonds is 6. The fraction of sp³-hybridized carbons (Fsp3) is 0.421. The summed E-state index contributed by atoms with van der Waals surface area (Å²) in [4.78, 5) is 17.4. The maximum atomic E-state index is 12.4. The van der Waals surface area contributed by atoms with E-state index in [1.165, 1.54) is 0 Å². The molecule has 0 bridgehead atoms. The summed E-state index contributed by atoms with van der Waals surface area (Å²) < 4.78 is 5.46. The van der Waals surface area contributed by atoms with Crippen molar-refractivity contribution in [3.05, 3.63) is 47.1 Å². The lowest BCUT2D eigenvalue weighted by atomic mass is 10.2. The van der Waals surface area contributed by atoms with Gasteiger partial charge < -0.3 is 19.7 Å². The van der Waals surface area contributed by atoms with Crippen LogP contribution in [0.4, 0.5) is 0 Å². The van der Waals surface area contributed by atoms with E-state index < -0.39 is 6.10 Å². The molecule has 5 nitrogen and oxygen atoms in total. The Kier molecular flexibility index (Phi) is 5.78. The Morgan fingerprint density at radius 2 is 2.04 bits per heavy atom. The fourth-order valence-electron chi connectivity index (χ4n) is 3.12. The van der Waals surface area contributed by atoms with Crippen LogP contribution in [0, 0.1) is 0 Å².